The van der Waals surface area contributed by atoms with Crippen molar-refractivity contribution in [2.45, 2.75) is 12.8 Å². The van der Waals surface area contributed by atoms with Crippen LogP contribution in [0.1, 0.15) is 11.5 Å². The molecule has 3 heterocycles. The average Bonchev–Trinajstić information content (AvgIpc) is 2.88. The molecule has 0 spiro atoms. The van der Waals surface area contributed by atoms with Crippen molar-refractivity contribution in [2.24, 2.45) is 7.05 Å². The van der Waals surface area contributed by atoms with Crippen molar-refractivity contribution < 1.29 is 0 Å². The first kappa shape index (κ1) is 11.2. The number of imidazole rings is 1. The van der Waals surface area contributed by atoms with Crippen molar-refractivity contribution in [3.63, 3.8) is 0 Å². The molecule has 3 aromatic heterocycles. The summed E-state index contributed by atoms with van der Waals surface area (Å²) in [4.78, 5) is 8.57. The van der Waals surface area contributed by atoms with Crippen LogP contribution < -0.4 is 0 Å². The maximum atomic E-state index is 5.98. The van der Waals surface area contributed by atoms with Gasteiger partial charge in [-0.2, -0.15) is 5.10 Å². The molecule has 0 aliphatic rings. The van der Waals surface area contributed by atoms with Crippen LogP contribution in [0.4, 0.5) is 0 Å². The quantitative estimate of drug-likeness (QED) is 0.665. The number of rotatable bonds is 2. The van der Waals surface area contributed by atoms with Gasteiger partial charge in [0.25, 0.3) is 0 Å². The molecule has 0 saturated heterocycles. The Morgan fingerprint density at radius 2 is 2.22 bits per heavy atom. The van der Waals surface area contributed by atoms with Crippen LogP contribution in [0.3, 0.4) is 0 Å². The SMILES string of the molecule is Cc1nn(C)cc1-n1c(CCl)nc2cnccc21. The Bertz CT molecular complexity index is 712. The third-order valence-electron chi connectivity index (χ3n) is 2.87. The topological polar surface area (TPSA) is 48.5 Å². The second kappa shape index (κ2) is 4.10. The Labute approximate surface area is 109 Å². The molecule has 5 nitrogen and oxygen atoms in total. The van der Waals surface area contributed by atoms with Crippen LogP contribution in [0.5, 0.6) is 0 Å². The molecule has 0 fully saturated rings. The Balaban J connectivity index is 2.36. The maximum Gasteiger partial charge on any atom is 0.129 e. The summed E-state index contributed by atoms with van der Waals surface area (Å²) in [5.74, 6) is 1.15. The van der Waals surface area contributed by atoms with E-state index in [2.05, 4.69) is 15.1 Å². The zero-order valence-corrected chi connectivity index (χ0v) is 10.9. The second-order valence-electron chi connectivity index (χ2n) is 4.13. The van der Waals surface area contributed by atoms with Crippen LogP contribution in [-0.4, -0.2) is 24.3 Å². The van der Waals surface area contributed by atoms with Gasteiger partial charge in [0, 0.05) is 19.4 Å². The predicted molar refractivity (Wildman–Crippen MR) is 69.9 cm³/mol. The fraction of sp³-hybridized carbons (Fsp3) is 0.250. The van der Waals surface area contributed by atoms with Crippen LogP contribution in [0, 0.1) is 6.92 Å². The van der Waals surface area contributed by atoms with E-state index in [1.54, 1.807) is 17.1 Å². The molecular weight excluding hydrogens is 250 g/mol. The van der Waals surface area contributed by atoms with Gasteiger partial charge in [0.05, 0.1) is 29.0 Å². The highest BCUT2D eigenvalue weighted by Crippen LogP contribution is 2.23. The molecule has 18 heavy (non-hydrogen) atoms. The van der Waals surface area contributed by atoms with Crippen molar-refractivity contribution in [3.05, 3.63) is 36.2 Å². The summed E-state index contributed by atoms with van der Waals surface area (Å²) in [6.07, 6.45) is 5.46. The minimum atomic E-state index is 0.350. The van der Waals surface area contributed by atoms with E-state index >= 15 is 0 Å². The molecular formula is C12H12ClN5. The number of fused-ring (bicyclic) bond motifs is 1. The van der Waals surface area contributed by atoms with Gasteiger partial charge in [0.1, 0.15) is 11.3 Å². The van der Waals surface area contributed by atoms with Crippen molar-refractivity contribution in [3.8, 4) is 5.69 Å². The first-order valence-corrected chi connectivity index (χ1v) is 6.12. The molecule has 0 bridgehead atoms. The highest BCUT2D eigenvalue weighted by molar-refractivity contribution is 6.17. The van der Waals surface area contributed by atoms with Gasteiger partial charge >= 0.3 is 0 Å². The number of hydrogen-bond acceptors (Lipinski definition) is 3. The van der Waals surface area contributed by atoms with Gasteiger partial charge in [-0.15, -0.1) is 11.6 Å². The molecule has 0 saturated carbocycles. The monoisotopic (exact) mass is 261 g/mol. The molecule has 0 N–H and O–H groups in total. The molecule has 0 atom stereocenters. The zero-order valence-electron chi connectivity index (χ0n) is 10.1. The summed E-state index contributed by atoms with van der Waals surface area (Å²) in [5.41, 5.74) is 3.79. The largest absolute Gasteiger partial charge is 0.292 e. The molecule has 0 radical (unpaired) electrons. The first-order valence-electron chi connectivity index (χ1n) is 5.58. The lowest BCUT2D eigenvalue weighted by molar-refractivity contribution is 0.756. The number of nitrogens with zero attached hydrogens (tertiary/aromatic N) is 5. The molecule has 92 valence electrons. The number of aromatic nitrogens is 5. The van der Waals surface area contributed by atoms with Crippen molar-refractivity contribution in [1.29, 1.82) is 0 Å². The molecule has 3 rings (SSSR count). The van der Waals surface area contributed by atoms with E-state index in [9.17, 15) is 0 Å². The Hall–Kier alpha value is -1.88. The number of pyridine rings is 1. The van der Waals surface area contributed by atoms with Crippen molar-refractivity contribution in [2.75, 3.05) is 0 Å². The fourth-order valence-corrected chi connectivity index (χ4v) is 2.33. The lowest BCUT2D eigenvalue weighted by atomic mass is 10.3. The van der Waals surface area contributed by atoms with Crippen LogP contribution in [0.2, 0.25) is 0 Å². The van der Waals surface area contributed by atoms with Gasteiger partial charge in [-0.25, -0.2) is 4.98 Å². The maximum absolute atomic E-state index is 5.98. The molecule has 0 aromatic carbocycles. The van der Waals surface area contributed by atoms with Crippen molar-refractivity contribution >= 4 is 22.6 Å². The van der Waals surface area contributed by atoms with Crippen molar-refractivity contribution in [1.82, 2.24) is 24.3 Å². The van der Waals surface area contributed by atoms with E-state index in [1.165, 1.54) is 0 Å². The molecule has 0 unspecified atom stereocenters. The summed E-state index contributed by atoms with van der Waals surface area (Å²) >= 11 is 5.98. The number of aryl methyl sites for hydroxylation is 2. The van der Waals surface area contributed by atoms with E-state index in [4.69, 9.17) is 11.6 Å². The summed E-state index contributed by atoms with van der Waals surface area (Å²) in [7, 11) is 1.90. The fourth-order valence-electron chi connectivity index (χ4n) is 2.15. The van der Waals surface area contributed by atoms with Crippen LogP contribution >= 0.6 is 11.6 Å². The first-order chi connectivity index (χ1) is 8.70. The molecule has 0 aliphatic carbocycles. The lowest BCUT2D eigenvalue weighted by Gasteiger charge is -2.05. The van der Waals surface area contributed by atoms with Gasteiger partial charge in [-0.1, -0.05) is 0 Å². The standard InChI is InChI=1S/C12H12ClN5/c1-8-11(7-17(2)16-8)18-10-3-4-14-6-9(10)15-12(18)5-13/h3-4,6-7H,5H2,1-2H3. The Morgan fingerprint density at radius 1 is 1.39 bits per heavy atom. The van der Waals surface area contributed by atoms with E-state index in [0.717, 1.165) is 28.2 Å². The molecule has 6 heteroatoms. The normalized spacial score (nSPS) is 11.3. The smallest absolute Gasteiger partial charge is 0.129 e. The summed E-state index contributed by atoms with van der Waals surface area (Å²) in [6.45, 7) is 1.97. The molecule has 0 amide bonds. The average molecular weight is 262 g/mol. The number of hydrogen-bond donors (Lipinski definition) is 0. The van der Waals surface area contributed by atoms with Gasteiger partial charge in [0.15, 0.2) is 0 Å². The Morgan fingerprint density at radius 3 is 2.89 bits per heavy atom. The van der Waals surface area contributed by atoms with Crippen LogP contribution in [0.25, 0.3) is 16.7 Å². The highest BCUT2D eigenvalue weighted by atomic mass is 35.5. The number of alkyl halides is 1. The third-order valence-corrected chi connectivity index (χ3v) is 3.11. The second-order valence-corrected chi connectivity index (χ2v) is 4.40. The Kier molecular flexibility index (Phi) is 2.56. The third kappa shape index (κ3) is 1.59. The summed E-state index contributed by atoms with van der Waals surface area (Å²) in [5, 5.41) is 4.36. The molecule has 3 aromatic rings. The summed E-state index contributed by atoms with van der Waals surface area (Å²) in [6, 6.07) is 1.94. The van der Waals surface area contributed by atoms with E-state index in [0.29, 0.717) is 5.88 Å². The van der Waals surface area contributed by atoms with E-state index in [-0.39, 0.29) is 0 Å². The lowest BCUT2D eigenvalue weighted by Crippen LogP contribution is -1.99. The van der Waals surface area contributed by atoms with Gasteiger partial charge in [0.2, 0.25) is 0 Å². The minimum Gasteiger partial charge on any atom is -0.292 e. The minimum absolute atomic E-state index is 0.350. The van der Waals surface area contributed by atoms with E-state index < -0.39 is 0 Å². The predicted octanol–water partition coefficient (Wildman–Crippen LogP) is 2.20. The van der Waals surface area contributed by atoms with E-state index in [1.807, 2.05) is 30.8 Å². The highest BCUT2D eigenvalue weighted by Gasteiger charge is 2.15. The zero-order chi connectivity index (χ0) is 12.7. The van der Waals surface area contributed by atoms with Gasteiger partial charge < -0.3 is 0 Å². The van der Waals surface area contributed by atoms with Gasteiger partial charge in [-0.3, -0.25) is 14.2 Å². The number of halogens is 1. The van der Waals surface area contributed by atoms with Gasteiger partial charge in [-0.05, 0) is 13.0 Å². The van der Waals surface area contributed by atoms with Crippen LogP contribution in [-0.2, 0) is 12.9 Å². The molecule has 0 aliphatic heterocycles. The van der Waals surface area contributed by atoms with Crippen LogP contribution in [0.15, 0.2) is 24.7 Å². The summed E-state index contributed by atoms with van der Waals surface area (Å²) < 4.78 is 3.82.